The molecule has 1 saturated heterocycles. The van der Waals surface area contributed by atoms with Crippen molar-refractivity contribution < 1.29 is 4.74 Å². The number of para-hydroxylation sites is 2. The van der Waals surface area contributed by atoms with Crippen molar-refractivity contribution in [1.29, 1.82) is 0 Å². The van der Waals surface area contributed by atoms with E-state index in [0.717, 1.165) is 34.1 Å². The van der Waals surface area contributed by atoms with Crippen molar-refractivity contribution in [3.63, 3.8) is 0 Å². The molecule has 4 aromatic rings. The first-order valence-electron chi connectivity index (χ1n) is 11.6. The molecule has 1 aliphatic rings. The first kappa shape index (κ1) is 22.9. The van der Waals surface area contributed by atoms with E-state index in [4.69, 9.17) is 17.0 Å². The van der Waals surface area contributed by atoms with Gasteiger partial charge in [-0.3, -0.25) is 9.80 Å². The monoisotopic (exact) mass is 480 g/mol. The fraction of sp³-hybridized carbons (Fsp3) is 0.138. The van der Waals surface area contributed by atoms with Crippen LogP contribution in [0.3, 0.4) is 0 Å². The minimum atomic E-state index is 0.407. The van der Waals surface area contributed by atoms with Crippen LogP contribution >= 0.6 is 12.2 Å². The molecule has 0 saturated carbocycles. The Hall–Kier alpha value is -3.87. The molecule has 1 fully saturated rings. The van der Waals surface area contributed by atoms with E-state index in [1.807, 2.05) is 46.2 Å². The number of thiocarbonyl (C=S) groups is 1. The zero-order valence-corrected chi connectivity index (χ0v) is 20.7. The third-order valence-electron chi connectivity index (χ3n) is 6.07. The van der Waals surface area contributed by atoms with Gasteiger partial charge in [-0.1, -0.05) is 48.5 Å². The molecule has 0 amide bonds. The van der Waals surface area contributed by atoms with E-state index in [-0.39, 0.29) is 0 Å². The van der Waals surface area contributed by atoms with Crippen molar-refractivity contribution in [2.45, 2.75) is 13.8 Å². The molecule has 0 bridgehead atoms. The normalized spacial score (nSPS) is 13.6. The number of nitrogens with one attached hydrogen (secondary N) is 2. The lowest BCUT2D eigenvalue weighted by atomic mass is 10.2. The molecule has 35 heavy (non-hydrogen) atoms. The molecule has 0 atom stereocenters. The highest BCUT2D eigenvalue weighted by atomic mass is 32.1. The number of hydrogen-bond donors (Lipinski definition) is 2. The Balaban J connectivity index is 1.36. The van der Waals surface area contributed by atoms with Gasteiger partial charge in [-0.2, -0.15) is 0 Å². The van der Waals surface area contributed by atoms with Gasteiger partial charge < -0.3 is 15.4 Å². The molecule has 0 radical (unpaired) electrons. The molecule has 0 unspecified atom stereocenters. The minimum Gasteiger partial charge on any atom is -0.355 e. The summed E-state index contributed by atoms with van der Waals surface area (Å²) in [4.78, 5) is 4.03. The topological polar surface area (TPSA) is 39.8 Å². The fourth-order valence-electron chi connectivity index (χ4n) is 4.09. The van der Waals surface area contributed by atoms with Crippen LogP contribution in [-0.2, 0) is 4.74 Å². The second-order valence-electron chi connectivity index (χ2n) is 8.58. The zero-order chi connectivity index (χ0) is 24.2. The lowest BCUT2D eigenvalue weighted by Crippen LogP contribution is -2.50. The Labute approximate surface area is 212 Å². The van der Waals surface area contributed by atoms with Gasteiger partial charge in [-0.15, -0.1) is 0 Å². The molecule has 176 valence electrons. The maximum absolute atomic E-state index is 5.95. The van der Waals surface area contributed by atoms with Crippen LogP contribution in [0.1, 0.15) is 11.1 Å². The SMILES string of the molecule is Cc1ccccc1Nc1cccc(N2COCN(c3cccc(Nc4ccccc4C)c3)C2=S)c1. The molecule has 5 rings (SSSR count). The maximum atomic E-state index is 5.95. The average molecular weight is 481 g/mol. The molecule has 6 heteroatoms. The largest absolute Gasteiger partial charge is 0.355 e. The van der Waals surface area contributed by atoms with E-state index in [9.17, 15) is 0 Å². The van der Waals surface area contributed by atoms with Crippen molar-refractivity contribution in [1.82, 2.24) is 0 Å². The summed E-state index contributed by atoms with van der Waals surface area (Å²) in [6.45, 7) is 5.01. The highest BCUT2D eigenvalue weighted by Gasteiger charge is 2.25. The highest BCUT2D eigenvalue weighted by molar-refractivity contribution is 7.80. The summed E-state index contributed by atoms with van der Waals surface area (Å²) in [5, 5.41) is 7.73. The highest BCUT2D eigenvalue weighted by Crippen LogP contribution is 2.30. The summed E-state index contributed by atoms with van der Waals surface area (Å²) >= 11 is 5.93. The quantitative estimate of drug-likeness (QED) is 0.282. The zero-order valence-electron chi connectivity index (χ0n) is 19.9. The molecular formula is C29H28N4OS. The van der Waals surface area contributed by atoms with E-state index >= 15 is 0 Å². The number of hydrogen-bond acceptors (Lipinski definition) is 4. The van der Waals surface area contributed by atoms with Gasteiger partial charge in [0.15, 0.2) is 5.11 Å². The number of benzene rings is 4. The van der Waals surface area contributed by atoms with Crippen molar-refractivity contribution in [2.24, 2.45) is 0 Å². The Morgan fingerprint density at radius 3 is 1.54 bits per heavy atom. The second-order valence-corrected chi connectivity index (χ2v) is 8.95. The Bertz CT molecular complexity index is 1250. The predicted octanol–water partition coefficient (Wildman–Crippen LogP) is 7.33. The number of nitrogens with zero attached hydrogens (tertiary/aromatic N) is 2. The van der Waals surface area contributed by atoms with Crippen LogP contribution < -0.4 is 20.4 Å². The van der Waals surface area contributed by atoms with Gasteiger partial charge >= 0.3 is 0 Å². The van der Waals surface area contributed by atoms with Crippen molar-refractivity contribution in [3.8, 4) is 0 Å². The summed E-state index contributed by atoms with van der Waals surface area (Å²) in [5.41, 5.74) is 8.52. The van der Waals surface area contributed by atoms with Gasteiger partial charge in [0, 0.05) is 34.1 Å². The van der Waals surface area contributed by atoms with E-state index in [1.54, 1.807) is 0 Å². The number of anilines is 6. The Morgan fingerprint density at radius 1 is 0.629 bits per heavy atom. The van der Waals surface area contributed by atoms with Crippen molar-refractivity contribution in [3.05, 3.63) is 108 Å². The third kappa shape index (κ3) is 5.14. The van der Waals surface area contributed by atoms with Gasteiger partial charge in [0.05, 0.1) is 0 Å². The maximum Gasteiger partial charge on any atom is 0.184 e. The molecule has 1 aliphatic heterocycles. The van der Waals surface area contributed by atoms with Gasteiger partial charge in [-0.05, 0) is 85.7 Å². The number of rotatable bonds is 6. The third-order valence-corrected chi connectivity index (χ3v) is 6.51. The van der Waals surface area contributed by atoms with Gasteiger partial charge in [0.25, 0.3) is 0 Å². The van der Waals surface area contributed by atoms with E-state index in [1.165, 1.54) is 11.1 Å². The Morgan fingerprint density at radius 2 is 1.09 bits per heavy atom. The molecular weight excluding hydrogens is 452 g/mol. The van der Waals surface area contributed by atoms with Crippen molar-refractivity contribution in [2.75, 3.05) is 33.9 Å². The standard InChI is InChI=1S/C29H28N4OS/c1-21-9-3-5-15-27(21)30-23-11-7-13-25(17-23)32-19-34-20-33(29(32)35)26-14-8-12-24(18-26)31-28-16-6-4-10-22(28)2/h3-18,30-31H,19-20H2,1-2H3. The summed E-state index contributed by atoms with van der Waals surface area (Å²) in [7, 11) is 0. The van der Waals surface area contributed by atoms with Crippen LogP contribution in [0, 0.1) is 13.8 Å². The average Bonchev–Trinajstić information content (AvgIpc) is 2.87. The lowest BCUT2D eigenvalue weighted by molar-refractivity contribution is 0.138. The van der Waals surface area contributed by atoms with Gasteiger partial charge in [-0.25, -0.2) is 0 Å². The fourth-order valence-corrected chi connectivity index (χ4v) is 4.41. The van der Waals surface area contributed by atoms with E-state index in [0.29, 0.717) is 18.6 Å². The number of ether oxygens (including phenoxy) is 1. The van der Waals surface area contributed by atoms with Crippen LogP contribution in [0.2, 0.25) is 0 Å². The first-order valence-corrected chi connectivity index (χ1v) is 12.0. The molecule has 5 nitrogen and oxygen atoms in total. The van der Waals surface area contributed by atoms with Crippen molar-refractivity contribution >= 4 is 51.5 Å². The molecule has 0 spiro atoms. The number of aryl methyl sites for hydroxylation is 2. The van der Waals surface area contributed by atoms with Crippen LogP contribution in [0.15, 0.2) is 97.1 Å². The van der Waals surface area contributed by atoms with Gasteiger partial charge in [0.2, 0.25) is 0 Å². The summed E-state index contributed by atoms with van der Waals surface area (Å²) in [6, 6.07) is 33.0. The predicted molar refractivity (Wildman–Crippen MR) is 150 cm³/mol. The van der Waals surface area contributed by atoms with Crippen LogP contribution in [0.5, 0.6) is 0 Å². The van der Waals surface area contributed by atoms with Gasteiger partial charge in [0.1, 0.15) is 13.5 Å². The molecule has 2 N–H and O–H groups in total. The molecule has 0 aromatic heterocycles. The summed E-state index contributed by atoms with van der Waals surface area (Å²) < 4.78 is 5.95. The smallest absolute Gasteiger partial charge is 0.184 e. The molecule has 0 aliphatic carbocycles. The first-order chi connectivity index (χ1) is 17.1. The van der Waals surface area contributed by atoms with Crippen LogP contribution in [-0.4, -0.2) is 18.6 Å². The van der Waals surface area contributed by atoms with E-state index in [2.05, 4.69) is 85.1 Å². The minimum absolute atomic E-state index is 0.407. The molecule has 4 aromatic carbocycles. The second kappa shape index (κ2) is 10.2. The summed E-state index contributed by atoms with van der Waals surface area (Å²) in [5.74, 6) is 0. The van der Waals surface area contributed by atoms with Crippen LogP contribution in [0.25, 0.3) is 0 Å². The Kier molecular flexibility index (Phi) is 6.66. The van der Waals surface area contributed by atoms with Crippen LogP contribution in [0.4, 0.5) is 34.1 Å². The van der Waals surface area contributed by atoms with E-state index < -0.39 is 0 Å². The molecule has 1 heterocycles. The summed E-state index contributed by atoms with van der Waals surface area (Å²) in [6.07, 6.45) is 0. The lowest BCUT2D eigenvalue weighted by Gasteiger charge is -2.38.